The fourth-order valence-corrected chi connectivity index (χ4v) is 4.41. The number of thiophene rings is 1. The molecule has 3 aromatic rings. The second-order valence-electron chi connectivity index (χ2n) is 6.39. The van der Waals surface area contributed by atoms with Gasteiger partial charge in [-0.05, 0) is 48.6 Å². The first-order valence-corrected chi connectivity index (χ1v) is 11.7. The molecule has 0 saturated heterocycles. The zero-order valence-corrected chi connectivity index (χ0v) is 18.7. The lowest BCUT2D eigenvalue weighted by atomic mass is 10.0. The first kappa shape index (κ1) is 21.9. The maximum atomic E-state index is 12.8. The van der Waals surface area contributed by atoms with Crippen molar-refractivity contribution in [3.8, 4) is 16.9 Å². The molecule has 0 aliphatic rings. The van der Waals surface area contributed by atoms with Crippen LogP contribution in [0.4, 0.5) is 5.00 Å². The van der Waals surface area contributed by atoms with Gasteiger partial charge in [-0.3, -0.25) is 4.79 Å². The van der Waals surface area contributed by atoms with E-state index in [1.807, 2.05) is 48.0 Å². The molecule has 0 aliphatic heterocycles. The Bertz CT molecular complexity index is 1010. The first-order valence-electron chi connectivity index (χ1n) is 9.39. The number of hydrogen-bond acceptors (Lipinski definition) is 6. The van der Waals surface area contributed by atoms with Gasteiger partial charge in [0.2, 0.25) is 0 Å². The van der Waals surface area contributed by atoms with E-state index in [1.165, 1.54) is 11.3 Å². The fourth-order valence-electron chi connectivity index (χ4n) is 2.93. The van der Waals surface area contributed by atoms with Crippen molar-refractivity contribution >= 4 is 40.0 Å². The Hall–Kier alpha value is -2.77. The number of esters is 1. The second kappa shape index (κ2) is 10.3. The van der Waals surface area contributed by atoms with Gasteiger partial charge in [0, 0.05) is 22.3 Å². The van der Waals surface area contributed by atoms with E-state index in [2.05, 4.69) is 5.32 Å². The van der Waals surface area contributed by atoms with Crippen LogP contribution < -0.4 is 10.1 Å². The number of carbonyl (C=O) groups is 2. The van der Waals surface area contributed by atoms with Gasteiger partial charge in [-0.2, -0.15) is 11.8 Å². The summed E-state index contributed by atoms with van der Waals surface area (Å²) in [4.78, 5) is 25.5. The number of amides is 1. The van der Waals surface area contributed by atoms with Gasteiger partial charge >= 0.3 is 5.97 Å². The molecule has 0 fully saturated rings. The first-order chi connectivity index (χ1) is 14.6. The SMILES string of the molecule is CCOC(=O)c1c(-c2ccc(OC)cc2)csc1NC(=O)c1ccc(CSC)cc1. The van der Waals surface area contributed by atoms with Crippen molar-refractivity contribution in [3.05, 3.63) is 70.6 Å². The third kappa shape index (κ3) is 5.04. The van der Waals surface area contributed by atoms with Crippen LogP contribution in [0.5, 0.6) is 5.75 Å². The van der Waals surface area contributed by atoms with Crippen LogP contribution in [0, 0.1) is 0 Å². The van der Waals surface area contributed by atoms with E-state index < -0.39 is 5.97 Å². The van der Waals surface area contributed by atoms with E-state index in [9.17, 15) is 9.59 Å². The summed E-state index contributed by atoms with van der Waals surface area (Å²) in [5.41, 5.74) is 3.61. The number of anilines is 1. The predicted molar refractivity (Wildman–Crippen MR) is 124 cm³/mol. The normalized spacial score (nSPS) is 10.5. The molecule has 0 unspecified atom stereocenters. The summed E-state index contributed by atoms with van der Waals surface area (Å²) >= 11 is 3.03. The molecule has 2 aromatic carbocycles. The molecule has 1 aromatic heterocycles. The van der Waals surface area contributed by atoms with E-state index in [4.69, 9.17) is 9.47 Å². The zero-order valence-electron chi connectivity index (χ0n) is 17.1. The van der Waals surface area contributed by atoms with Crippen LogP contribution in [0.15, 0.2) is 53.9 Å². The van der Waals surface area contributed by atoms with Crippen LogP contribution in [0.25, 0.3) is 11.1 Å². The van der Waals surface area contributed by atoms with Crippen LogP contribution >= 0.6 is 23.1 Å². The maximum absolute atomic E-state index is 12.8. The highest BCUT2D eigenvalue weighted by atomic mass is 32.2. The molecular formula is C23H23NO4S2. The van der Waals surface area contributed by atoms with Gasteiger partial charge in [0.1, 0.15) is 16.3 Å². The largest absolute Gasteiger partial charge is 0.497 e. The average Bonchev–Trinajstić information content (AvgIpc) is 3.18. The minimum atomic E-state index is -0.463. The van der Waals surface area contributed by atoms with Crippen molar-refractivity contribution < 1.29 is 19.1 Å². The van der Waals surface area contributed by atoms with Gasteiger partial charge in [-0.15, -0.1) is 11.3 Å². The van der Waals surface area contributed by atoms with Gasteiger partial charge in [0.25, 0.3) is 5.91 Å². The summed E-state index contributed by atoms with van der Waals surface area (Å²) in [6, 6.07) is 14.9. The van der Waals surface area contributed by atoms with Crippen molar-refractivity contribution in [1.29, 1.82) is 0 Å². The van der Waals surface area contributed by atoms with Crippen molar-refractivity contribution in [2.45, 2.75) is 12.7 Å². The monoisotopic (exact) mass is 441 g/mol. The Labute approximate surface area is 184 Å². The molecule has 3 rings (SSSR count). The van der Waals surface area contributed by atoms with Gasteiger partial charge < -0.3 is 14.8 Å². The molecule has 30 heavy (non-hydrogen) atoms. The van der Waals surface area contributed by atoms with E-state index in [0.29, 0.717) is 21.7 Å². The summed E-state index contributed by atoms with van der Waals surface area (Å²) in [7, 11) is 1.60. The summed E-state index contributed by atoms with van der Waals surface area (Å²) in [6.07, 6.45) is 2.04. The lowest BCUT2D eigenvalue weighted by Crippen LogP contribution is -2.14. The average molecular weight is 442 g/mol. The highest BCUT2D eigenvalue weighted by Gasteiger charge is 2.23. The third-order valence-corrected chi connectivity index (χ3v) is 5.94. The molecule has 156 valence electrons. The number of rotatable bonds is 8. The van der Waals surface area contributed by atoms with Gasteiger partial charge in [0.05, 0.1) is 13.7 Å². The van der Waals surface area contributed by atoms with Crippen molar-refractivity contribution in [2.24, 2.45) is 0 Å². The van der Waals surface area contributed by atoms with E-state index in [-0.39, 0.29) is 12.5 Å². The van der Waals surface area contributed by atoms with Crippen LogP contribution in [-0.4, -0.2) is 31.8 Å². The molecular weight excluding hydrogens is 418 g/mol. The number of ether oxygens (including phenoxy) is 2. The summed E-state index contributed by atoms with van der Waals surface area (Å²) < 4.78 is 10.5. The summed E-state index contributed by atoms with van der Waals surface area (Å²) in [5.74, 6) is 0.894. The van der Waals surface area contributed by atoms with Crippen molar-refractivity contribution in [1.82, 2.24) is 0 Å². The van der Waals surface area contributed by atoms with Gasteiger partial charge in [0.15, 0.2) is 0 Å². The second-order valence-corrected chi connectivity index (χ2v) is 8.13. The Kier molecular flexibility index (Phi) is 7.54. The molecule has 0 spiro atoms. The maximum Gasteiger partial charge on any atom is 0.341 e. The van der Waals surface area contributed by atoms with E-state index in [0.717, 1.165) is 22.6 Å². The molecule has 7 heteroatoms. The van der Waals surface area contributed by atoms with E-state index in [1.54, 1.807) is 37.9 Å². The highest BCUT2D eigenvalue weighted by molar-refractivity contribution is 7.97. The molecule has 0 radical (unpaired) electrons. The molecule has 1 amide bonds. The fraction of sp³-hybridized carbons (Fsp3) is 0.217. The number of methoxy groups -OCH3 is 1. The zero-order chi connectivity index (χ0) is 21.5. The molecule has 5 nitrogen and oxygen atoms in total. The third-order valence-electron chi connectivity index (χ3n) is 4.43. The smallest absolute Gasteiger partial charge is 0.341 e. The molecule has 1 heterocycles. The van der Waals surface area contributed by atoms with Gasteiger partial charge in [-0.1, -0.05) is 24.3 Å². The molecule has 0 bridgehead atoms. The summed E-state index contributed by atoms with van der Waals surface area (Å²) in [5, 5.41) is 5.20. The molecule has 0 atom stereocenters. The topological polar surface area (TPSA) is 64.6 Å². The number of nitrogens with one attached hydrogen (secondary N) is 1. The number of thioether (sulfide) groups is 1. The Balaban J connectivity index is 1.90. The van der Waals surface area contributed by atoms with Crippen molar-refractivity contribution in [2.75, 3.05) is 25.3 Å². The van der Waals surface area contributed by atoms with Crippen LogP contribution in [0.3, 0.4) is 0 Å². The summed E-state index contributed by atoms with van der Waals surface area (Å²) in [6.45, 7) is 2.01. The van der Waals surface area contributed by atoms with Crippen LogP contribution in [0.2, 0.25) is 0 Å². The van der Waals surface area contributed by atoms with Crippen LogP contribution in [0.1, 0.15) is 33.2 Å². The lowest BCUT2D eigenvalue weighted by Gasteiger charge is -2.09. The van der Waals surface area contributed by atoms with Gasteiger partial charge in [-0.25, -0.2) is 4.79 Å². The number of benzene rings is 2. The minimum absolute atomic E-state index is 0.251. The Morgan fingerprint density at radius 3 is 2.37 bits per heavy atom. The standard InChI is InChI=1S/C23H23NO4S2/c1-4-28-23(26)20-19(16-9-11-18(27-2)12-10-16)14-30-22(20)24-21(25)17-7-5-15(6-8-17)13-29-3/h5-12,14H,4,13H2,1-3H3,(H,24,25). The quantitative estimate of drug-likeness (QED) is 0.453. The number of carbonyl (C=O) groups excluding carboxylic acids is 2. The minimum Gasteiger partial charge on any atom is -0.497 e. The lowest BCUT2D eigenvalue weighted by molar-refractivity contribution is 0.0529. The Morgan fingerprint density at radius 1 is 1.07 bits per heavy atom. The molecule has 0 aliphatic carbocycles. The number of hydrogen-bond donors (Lipinski definition) is 1. The Morgan fingerprint density at radius 2 is 1.77 bits per heavy atom. The molecule has 0 saturated carbocycles. The molecule has 1 N–H and O–H groups in total. The van der Waals surface area contributed by atoms with Crippen molar-refractivity contribution in [3.63, 3.8) is 0 Å². The predicted octanol–water partition coefficient (Wildman–Crippen LogP) is 5.72. The van der Waals surface area contributed by atoms with E-state index >= 15 is 0 Å². The highest BCUT2D eigenvalue weighted by Crippen LogP contribution is 2.37. The van der Waals surface area contributed by atoms with Crippen LogP contribution in [-0.2, 0) is 10.5 Å².